The fourth-order valence-electron chi connectivity index (χ4n) is 3.85. The van der Waals surface area contributed by atoms with Crippen LogP contribution in [0, 0.1) is 18.2 Å². The molecule has 0 amide bonds. The molecule has 2 aromatic carbocycles. The van der Waals surface area contributed by atoms with Gasteiger partial charge in [-0.25, -0.2) is 4.39 Å². The summed E-state index contributed by atoms with van der Waals surface area (Å²) in [5.41, 5.74) is 3.34. The molecule has 0 saturated heterocycles. The third-order valence-electron chi connectivity index (χ3n) is 5.62. The van der Waals surface area contributed by atoms with E-state index >= 15 is 0 Å². The van der Waals surface area contributed by atoms with Crippen molar-refractivity contribution in [1.82, 2.24) is 0 Å². The zero-order valence-corrected chi connectivity index (χ0v) is 16.6. The van der Waals surface area contributed by atoms with E-state index in [4.69, 9.17) is 4.74 Å². The van der Waals surface area contributed by atoms with E-state index in [-0.39, 0.29) is 5.82 Å². The predicted octanol–water partition coefficient (Wildman–Crippen LogP) is 7.39. The number of unbranched alkanes of at least 4 members (excludes halogenated alkanes) is 2. The molecule has 1 radical (unpaired) electrons. The molecule has 3 rings (SSSR count). The van der Waals surface area contributed by atoms with Gasteiger partial charge in [0.15, 0.2) is 11.6 Å². The van der Waals surface area contributed by atoms with Crippen LogP contribution in [-0.2, 0) is 6.42 Å². The van der Waals surface area contributed by atoms with E-state index < -0.39 is 0 Å². The third kappa shape index (κ3) is 6.09. The predicted molar refractivity (Wildman–Crippen MR) is 111 cm³/mol. The second kappa shape index (κ2) is 10.5. The minimum Gasteiger partial charge on any atom is -0.491 e. The van der Waals surface area contributed by atoms with E-state index in [2.05, 4.69) is 37.6 Å². The smallest absolute Gasteiger partial charge is 0.165 e. The van der Waals surface area contributed by atoms with E-state index in [1.54, 1.807) is 12.1 Å². The molecule has 0 unspecified atom stereocenters. The van der Waals surface area contributed by atoms with Crippen LogP contribution in [0.5, 0.6) is 5.75 Å². The van der Waals surface area contributed by atoms with Crippen molar-refractivity contribution in [3.8, 4) is 16.9 Å². The molecule has 0 spiro atoms. The highest BCUT2D eigenvalue weighted by molar-refractivity contribution is 5.64. The summed E-state index contributed by atoms with van der Waals surface area (Å²) in [5, 5.41) is 0. The summed E-state index contributed by atoms with van der Waals surface area (Å²) in [4.78, 5) is 0. The molecule has 2 heteroatoms. The van der Waals surface area contributed by atoms with Crippen LogP contribution in [0.15, 0.2) is 42.5 Å². The minimum absolute atomic E-state index is 0.276. The Hall–Kier alpha value is -1.83. The molecule has 0 heterocycles. The van der Waals surface area contributed by atoms with Crippen LogP contribution in [0.25, 0.3) is 11.1 Å². The average molecular weight is 368 g/mol. The molecule has 1 aliphatic carbocycles. The van der Waals surface area contributed by atoms with Crippen LogP contribution in [0.3, 0.4) is 0 Å². The van der Waals surface area contributed by atoms with Crippen molar-refractivity contribution in [2.45, 2.75) is 64.7 Å². The van der Waals surface area contributed by atoms with Crippen LogP contribution >= 0.6 is 0 Å². The van der Waals surface area contributed by atoms with Gasteiger partial charge >= 0.3 is 0 Å². The number of benzene rings is 2. The van der Waals surface area contributed by atoms with Gasteiger partial charge in [-0.3, -0.25) is 0 Å². The van der Waals surface area contributed by atoms with Crippen LogP contribution in [0.4, 0.5) is 4.39 Å². The molecule has 0 atom stereocenters. The normalized spacial score (nSPS) is 15.0. The van der Waals surface area contributed by atoms with Gasteiger partial charge in [-0.1, -0.05) is 62.9 Å². The van der Waals surface area contributed by atoms with E-state index in [1.807, 2.05) is 6.07 Å². The SMILES string of the molecule is CCCCCOc1ccc(-c2ccc(CCC3CC[CH]CC3)cc2)cc1F. The highest BCUT2D eigenvalue weighted by Gasteiger charge is 2.13. The summed E-state index contributed by atoms with van der Waals surface area (Å²) >= 11 is 0. The first-order chi connectivity index (χ1) is 13.3. The van der Waals surface area contributed by atoms with Crippen LogP contribution in [0.2, 0.25) is 0 Å². The van der Waals surface area contributed by atoms with Gasteiger partial charge in [0.1, 0.15) is 0 Å². The van der Waals surface area contributed by atoms with E-state index in [9.17, 15) is 4.39 Å². The maximum absolute atomic E-state index is 14.3. The second-order valence-electron chi connectivity index (χ2n) is 7.75. The van der Waals surface area contributed by atoms with Crippen LogP contribution < -0.4 is 4.74 Å². The van der Waals surface area contributed by atoms with Gasteiger partial charge in [0.05, 0.1) is 6.61 Å². The molecule has 1 aliphatic rings. The molecule has 0 aromatic heterocycles. The lowest BCUT2D eigenvalue weighted by atomic mass is 9.85. The highest BCUT2D eigenvalue weighted by atomic mass is 19.1. The van der Waals surface area contributed by atoms with Crippen molar-refractivity contribution >= 4 is 0 Å². The summed E-state index contributed by atoms with van der Waals surface area (Å²) in [7, 11) is 0. The van der Waals surface area contributed by atoms with E-state index in [0.29, 0.717) is 12.4 Å². The van der Waals surface area contributed by atoms with Crippen molar-refractivity contribution in [3.63, 3.8) is 0 Å². The summed E-state index contributed by atoms with van der Waals surface area (Å²) < 4.78 is 19.9. The number of ether oxygens (including phenoxy) is 1. The van der Waals surface area contributed by atoms with Crippen molar-refractivity contribution < 1.29 is 9.13 Å². The van der Waals surface area contributed by atoms with Gasteiger partial charge < -0.3 is 4.74 Å². The number of rotatable bonds is 9. The second-order valence-corrected chi connectivity index (χ2v) is 7.75. The largest absolute Gasteiger partial charge is 0.491 e. The summed E-state index contributed by atoms with van der Waals surface area (Å²) in [6.45, 7) is 2.73. The Morgan fingerprint density at radius 3 is 2.41 bits per heavy atom. The Balaban J connectivity index is 1.55. The maximum Gasteiger partial charge on any atom is 0.165 e. The van der Waals surface area contributed by atoms with Gasteiger partial charge in [-0.15, -0.1) is 0 Å². The molecule has 145 valence electrons. The fraction of sp³-hybridized carbons (Fsp3) is 0.480. The minimum atomic E-state index is -0.276. The molecule has 0 N–H and O–H groups in total. The molecule has 2 aromatic rings. The summed E-state index contributed by atoms with van der Waals surface area (Å²) in [6, 6.07) is 13.9. The monoisotopic (exact) mass is 367 g/mol. The van der Waals surface area contributed by atoms with Gasteiger partial charge in [-0.05, 0) is 73.3 Å². The summed E-state index contributed by atoms with van der Waals surface area (Å²) in [5.74, 6) is 0.965. The lowest BCUT2D eigenvalue weighted by Crippen LogP contribution is -2.07. The standard InChI is InChI=1S/C25H32FO/c1-2-3-7-18-27-25-17-16-23(19-24(25)26)22-14-12-21(13-15-22)11-10-20-8-5-4-6-9-20/h4,12-17,19-20H,2-3,5-11,18H2,1H3. The number of halogens is 1. The van der Waals surface area contributed by atoms with Gasteiger partial charge in [0.2, 0.25) is 0 Å². The maximum atomic E-state index is 14.3. The quantitative estimate of drug-likeness (QED) is 0.420. The van der Waals surface area contributed by atoms with Gasteiger partial charge in [0.25, 0.3) is 0 Å². The van der Waals surface area contributed by atoms with Crippen molar-refractivity contribution in [2.75, 3.05) is 6.61 Å². The zero-order valence-electron chi connectivity index (χ0n) is 16.6. The fourth-order valence-corrected chi connectivity index (χ4v) is 3.85. The Morgan fingerprint density at radius 2 is 1.70 bits per heavy atom. The van der Waals surface area contributed by atoms with E-state index in [0.717, 1.165) is 42.7 Å². The Kier molecular flexibility index (Phi) is 7.74. The average Bonchev–Trinajstić information content (AvgIpc) is 2.72. The first-order valence-corrected chi connectivity index (χ1v) is 10.6. The lowest BCUT2D eigenvalue weighted by Gasteiger charge is -2.21. The Bertz CT molecular complexity index is 686. The summed E-state index contributed by atoms with van der Waals surface area (Å²) in [6.07, 6.45) is 13.3. The molecule has 0 aliphatic heterocycles. The van der Waals surface area contributed by atoms with Crippen molar-refractivity contribution in [3.05, 3.63) is 60.3 Å². The lowest BCUT2D eigenvalue weighted by molar-refractivity contribution is 0.291. The third-order valence-corrected chi connectivity index (χ3v) is 5.62. The molecule has 1 fully saturated rings. The van der Waals surface area contributed by atoms with Crippen LogP contribution in [-0.4, -0.2) is 6.61 Å². The molecule has 1 nitrogen and oxygen atoms in total. The van der Waals surface area contributed by atoms with Crippen LogP contribution in [0.1, 0.15) is 63.9 Å². The Morgan fingerprint density at radius 1 is 0.963 bits per heavy atom. The van der Waals surface area contributed by atoms with Gasteiger partial charge in [0, 0.05) is 0 Å². The van der Waals surface area contributed by atoms with E-state index in [1.165, 1.54) is 37.7 Å². The zero-order chi connectivity index (χ0) is 18.9. The number of hydrogen-bond acceptors (Lipinski definition) is 1. The van der Waals surface area contributed by atoms with Gasteiger partial charge in [-0.2, -0.15) is 0 Å². The number of aryl methyl sites for hydroxylation is 1. The highest BCUT2D eigenvalue weighted by Crippen LogP contribution is 2.29. The molecule has 27 heavy (non-hydrogen) atoms. The molecular weight excluding hydrogens is 335 g/mol. The first kappa shape index (κ1) is 19.9. The van der Waals surface area contributed by atoms with Crippen molar-refractivity contribution in [1.29, 1.82) is 0 Å². The molecule has 1 saturated carbocycles. The number of hydrogen-bond donors (Lipinski definition) is 0. The molecule has 0 bridgehead atoms. The Labute approximate surface area is 164 Å². The molecular formula is C25H32FO. The first-order valence-electron chi connectivity index (χ1n) is 10.6. The topological polar surface area (TPSA) is 9.23 Å². The van der Waals surface area contributed by atoms with Crippen molar-refractivity contribution in [2.24, 2.45) is 5.92 Å².